The van der Waals surface area contributed by atoms with Crippen LogP contribution < -0.4 is 4.74 Å². The highest BCUT2D eigenvalue weighted by molar-refractivity contribution is 8.18. The van der Waals surface area contributed by atoms with Crippen molar-refractivity contribution < 1.29 is 18.3 Å². The van der Waals surface area contributed by atoms with Gasteiger partial charge in [0, 0.05) is 12.6 Å². The van der Waals surface area contributed by atoms with Gasteiger partial charge in [-0.1, -0.05) is 6.07 Å². The zero-order valence-corrected chi connectivity index (χ0v) is 15.9. The molecule has 1 aliphatic heterocycles. The summed E-state index contributed by atoms with van der Waals surface area (Å²) >= 11 is 1.17. The van der Waals surface area contributed by atoms with E-state index in [9.17, 15) is 13.6 Å². The average Bonchev–Trinajstić information content (AvgIpc) is 2.93. The quantitative estimate of drug-likeness (QED) is 0.699. The smallest absolute Gasteiger partial charge is 0.266 e. The molecule has 0 saturated carbocycles. The predicted molar refractivity (Wildman–Crippen MR) is 104 cm³/mol. The summed E-state index contributed by atoms with van der Waals surface area (Å²) in [5, 5.41) is 0.366. The van der Waals surface area contributed by atoms with Crippen molar-refractivity contribution in [1.29, 1.82) is 0 Å². The molecular formula is C20H18F2N2O2S. The molecule has 0 N–H and O–H groups in total. The van der Waals surface area contributed by atoms with Gasteiger partial charge in [0.2, 0.25) is 0 Å². The molecule has 27 heavy (non-hydrogen) atoms. The summed E-state index contributed by atoms with van der Waals surface area (Å²) in [6, 6.07) is 8.75. The molecule has 0 aromatic heterocycles. The fourth-order valence-corrected chi connectivity index (χ4v) is 3.67. The number of aliphatic imine (C=N–C) groups is 1. The van der Waals surface area contributed by atoms with Crippen LogP contribution in [0, 0.1) is 18.6 Å². The summed E-state index contributed by atoms with van der Waals surface area (Å²) in [6.45, 7) is 4.14. The average molecular weight is 388 g/mol. The second-order valence-corrected chi connectivity index (χ2v) is 6.88. The highest BCUT2D eigenvalue weighted by Crippen LogP contribution is 2.35. The topological polar surface area (TPSA) is 41.9 Å². The number of rotatable bonds is 4. The van der Waals surface area contributed by atoms with E-state index >= 15 is 0 Å². The normalized spacial score (nSPS) is 17.2. The predicted octanol–water partition coefficient (Wildman–Crippen LogP) is 4.91. The van der Waals surface area contributed by atoms with Crippen LogP contribution in [0.4, 0.5) is 14.5 Å². The van der Waals surface area contributed by atoms with Crippen molar-refractivity contribution in [2.45, 2.75) is 13.8 Å². The van der Waals surface area contributed by atoms with E-state index in [4.69, 9.17) is 4.74 Å². The third-order valence-corrected chi connectivity index (χ3v) is 5.10. The molecule has 0 radical (unpaired) electrons. The van der Waals surface area contributed by atoms with Gasteiger partial charge in [0.25, 0.3) is 5.91 Å². The first kappa shape index (κ1) is 19.1. The number of benzene rings is 2. The van der Waals surface area contributed by atoms with Crippen molar-refractivity contribution >= 4 is 34.6 Å². The molecule has 140 valence electrons. The molecule has 4 nitrogen and oxygen atoms in total. The summed E-state index contributed by atoms with van der Waals surface area (Å²) < 4.78 is 32.2. The number of thioether (sulfide) groups is 1. The summed E-state index contributed by atoms with van der Waals surface area (Å²) in [7, 11) is 1.60. The molecule has 1 saturated heterocycles. The number of hydrogen-bond acceptors (Lipinski definition) is 4. The van der Waals surface area contributed by atoms with Crippen molar-refractivity contribution in [3.05, 3.63) is 64.1 Å². The zero-order valence-electron chi connectivity index (χ0n) is 15.1. The number of carbonyl (C=O) groups excluding carboxylic acids is 1. The molecule has 1 aliphatic rings. The standard InChI is InChI=1S/C20H18F2N2O2S/c1-4-24-19(25)18(10-13-5-7-15(26-3)9-12(13)2)27-20(24)23-17-8-6-14(21)11-16(17)22/h5-11H,4H2,1-3H3/b18-10+,23-20?. The molecule has 2 aromatic rings. The molecule has 1 heterocycles. The highest BCUT2D eigenvalue weighted by Gasteiger charge is 2.32. The third kappa shape index (κ3) is 4.03. The Hall–Kier alpha value is -2.67. The number of carbonyl (C=O) groups is 1. The van der Waals surface area contributed by atoms with Gasteiger partial charge in [-0.15, -0.1) is 0 Å². The van der Waals surface area contributed by atoms with Crippen molar-refractivity contribution in [3.8, 4) is 5.75 Å². The van der Waals surface area contributed by atoms with Gasteiger partial charge in [-0.25, -0.2) is 13.8 Å². The number of hydrogen-bond donors (Lipinski definition) is 0. The van der Waals surface area contributed by atoms with Crippen molar-refractivity contribution in [1.82, 2.24) is 4.90 Å². The Morgan fingerprint density at radius 2 is 2.00 bits per heavy atom. The molecule has 7 heteroatoms. The van der Waals surface area contributed by atoms with Crippen LogP contribution in [0.15, 0.2) is 46.3 Å². The Morgan fingerprint density at radius 1 is 1.22 bits per heavy atom. The summed E-state index contributed by atoms with van der Waals surface area (Å²) in [5.74, 6) is -0.896. The van der Waals surface area contributed by atoms with Gasteiger partial charge in [0.15, 0.2) is 11.0 Å². The molecule has 0 aliphatic carbocycles. The van der Waals surface area contributed by atoms with E-state index < -0.39 is 11.6 Å². The maximum atomic E-state index is 13.9. The van der Waals surface area contributed by atoms with E-state index in [0.29, 0.717) is 16.6 Å². The number of aryl methyl sites for hydroxylation is 1. The lowest BCUT2D eigenvalue weighted by Gasteiger charge is -2.12. The molecular weight excluding hydrogens is 370 g/mol. The number of halogens is 2. The van der Waals surface area contributed by atoms with Crippen LogP contribution in [0.5, 0.6) is 5.75 Å². The minimum atomic E-state index is -0.768. The van der Waals surface area contributed by atoms with Crippen LogP contribution in [-0.4, -0.2) is 29.6 Å². The van der Waals surface area contributed by atoms with Crippen LogP contribution >= 0.6 is 11.8 Å². The van der Waals surface area contributed by atoms with E-state index in [2.05, 4.69) is 4.99 Å². The summed E-state index contributed by atoms with van der Waals surface area (Å²) in [5.41, 5.74) is 1.84. The Morgan fingerprint density at radius 3 is 2.63 bits per heavy atom. The number of ether oxygens (including phenoxy) is 1. The first-order valence-corrected chi connectivity index (χ1v) is 9.14. The molecule has 0 unspecified atom stereocenters. The van der Waals surface area contributed by atoms with Crippen LogP contribution in [0.25, 0.3) is 6.08 Å². The van der Waals surface area contributed by atoms with Crippen LogP contribution in [0.1, 0.15) is 18.1 Å². The Kier molecular flexibility index (Phi) is 5.60. The zero-order chi connectivity index (χ0) is 19.6. The number of amides is 1. The second kappa shape index (κ2) is 7.92. The summed E-state index contributed by atoms with van der Waals surface area (Å²) in [6.07, 6.45) is 1.79. The van der Waals surface area contributed by atoms with Gasteiger partial charge in [0.05, 0.1) is 12.0 Å². The Balaban J connectivity index is 1.96. The van der Waals surface area contributed by atoms with Gasteiger partial charge in [-0.3, -0.25) is 9.69 Å². The van der Waals surface area contributed by atoms with Gasteiger partial charge in [-0.2, -0.15) is 0 Å². The van der Waals surface area contributed by atoms with Crippen molar-refractivity contribution in [2.75, 3.05) is 13.7 Å². The lowest BCUT2D eigenvalue weighted by atomic mass is 10.1. The molecule has 0 spiro atoms. The third-order valence-electron chi connectivity index (χ3n) is 4.09. The lowest BCUT2D eigenvalue weighted by Crippen LogP contribution is -2.28. The molecule has 2 aromatic carbocycles. The number of nitrogens with zero attached hydrogens (tertiary/aromatic N) is 2. The fourth-order valence-electron chi connectivity index (χ4n) is 2.62. The summed E-state index contributed by atoms with van der Waals surface area (Å²) in [4.78, 5) is 18.9. The first-order chi connectivity index (χ1) is 12.9. The Labute approximate surface area is 160 Å². The molecule has 1 amide bonds. The van der Waals surface area contributed by atoms with E-state index in [0.717, 1.165) is 29.0 Å². The van der Waals surface area contributed by atoms with E-state index in [1.54, 1.807) is 13.2 Å². The van der Waals surface area contributed by atoms with E-state index in [1.165, 1.54) is 22.7 Å². The number of amidine groups is 1. The monoisotopic (exact) mass is 388 g/mol. The van der Waals surface area contributed by atoms with Crippen LogP contribution in [-0.2, 0) is 4.79 Å². The molecule has 0 atom stereocenters. The fraction of sp³-hybridized carbons (Fsp3) is 0.200. The highest BCUT2D eigenvalue weighted by atomic mass is 32.2. The van der Waals surface area contributed by atoms with Crippen molar-refractivity contribution in [2.24, 2.45) is 4.99 Å². The largest absolute Gasteiger partial charge is 0.497 e. The van der Waals surface area contributed by atoms with Crippen molar-refractivity contribution in [3.63, 3.8) is 0 Å². The minimum absolute atomic E-state index is 0.00738. The van der Waals surface area contributed by atoms with E-state index in [1.807, 2.05) is 32.0 Å². The number of likely N-dealkylation sites (N-methyl/N-ethyl adjacent to an activating group) is 1. The van der Waals surface area contributed by atoms with Crippen LogP contribution in [0.3, 0.4) is 0 Å². The lowest BCUT2D eigenvalue weighted by molar-refractivity contribution is -0.122. The van der Waals surface area contributed by atoms with Gasteiger partial charge in [0.1, 0.15) is 17.3 Å². The second-order valence-electron chi connectivity index (χ2n) is 5.87. The maximum Gasteiger partial charge on any atom is 0.266 e. The number of methoxy groups -OCH3 is 1. The van der Waals surface area contributed by atoms with Gasteiger partial charge >= 0.3 is 0 Å². The molecule has 3 rings (SSSR count). The van der Waals surface area contributed by atoms with Gasteiger partial charge < -0.3 is 4.74 Å². The minimum Gasteiger partial charge on any atom is -0.497 e. The SMILES string of the molecule is CCN1C(=O)/C(=C\c2ccc(OC)cc2C)SC1=Nc1ccc(F)cc1F. The Bertz CT molecular complexity index is 957. The van der Waals surface area contributed by atoms with E-state index in [-0.39, 0.29) is 11.6 Å². The maximum absolute atomic E-state index is 13.9. The van der Waals surface area contributed by atoms with Gasteiger partial charge in [-0.05, 0) is 67.1 Å². The van der Waals surface area contributed by atoms with Crippen LogP contribution in [0.2, 0.25) is 0 Å². The first-order valence-electron chi connectivity index (χ1n) is 8.32. The molecule has 1 fully saturated rings. The molecule has 0 bridgehead atoms.